The van der Waals surface area contributed by atoms with Gasteiger partial charge in [-0.15, -0.1) is 0 Å². The molecule has 0 saturated carbocycles. The van der Waals surface area contributed by atoms with Gasteiger partial charge in [-0.2, -0.15) is 5.10 Å². The van der Waals surface area contributed by atoms with Crippen LogP contribution in [0.2, 0.25) is 0 Å². The number of ether oxygens (including phenoxy) is 1. The van der Waals surface area contributed by atoms with Gasteiger partial charge in [0.1, 0.15) is 11.6 Å². The van der Waals surface area contributed by atoms with Crippen LogP contribution in [0, 0.1) is 0 Å². The van der Waals surface area contributed by atoms with Crippen LogP contribution in [0.3, 0.4) is 0 Å². The smallest absolute Gasteiger partial charge is 0.259 e. The molecule has 0 unspecified atom stereocenters. The molecule has 0 spiro atoms. The van der Waals surface area contributed by atoms with E-state index < -0.39 is 0 Å². The first-order valence-corrected chi connectivity index (χ1v) is 7.60. The molecule has 0 bridgehead atoms. The Kier molecular flexibility index (Phi) is 4.59. The van der Waals surface area contributed by atoms with Crippen molar-refractivity contribution in [2.24, 2.45) is 0 Å². The standard InChI is InChI=1S/C16H19N5O3/c1-24-9-6-12-13(14(17)21(20-12)7-8-22)15-18-11-5-3-2-4-10(11)16(23)19-15/h2-5,22H,6-9,17H2,1H3,(H,18,19,23). The fourth-order valence-electron chi connectivity index (χ4n) is 2.63. The molecule has 0 aliphatic carbocycles. The summed E-state index contributed by atoms with van der Waals surface area (Å²) < 4.78 is 6.62. The van der Waals surface area contributed by atoms with Gasteiger partial charge in [0.15, 0.2) is 0 Å². The van der Waals surface area contributed by atoms with E-state index in [0.717, 1.165) is 0 Å². The zero-order chi connectivity index (χ0) is 17.1. The number of benzene rings is 1. The number of fused-ring (bicyclic) bond motifs is 1. The summed E-state index contributed by atoms with van der Waals surface area (Å²) >= 11 is 0. The number of methoxy groups -OCH3 is 1. The average molecular weight is 329 g/mol. The van der Waals surface area contributed by atoms with Gasteiger partial charge in [-0.05, 0) is 12.1 Å². The lowest BCUT2D eigenvalue weighted by Gasteiger charge is -2.05. The molecule has 3 aromatic rings. The number of aliphatic hydroxyl groups excluding tert-OH is 1. The summed E-state index contributed by atoms with van der Waals surface area (Å²) in [6.45, 7) is 0.640. The van der Waals surface area contributed by atoms with Crippen LogP contribution in [0.5, 0.6) is 0 Å². The number of aliphatic hydroxyl groups is 1. The molecule has 2 aromatic heterocycles. The zero-order valence-electron chi connectivity index (χ0n) is 13.3. The van der Waals surface area contributed by atoms with Crippen molar-refractivity contribution in [2.45, 2.75) is 13.0 Å². The van der Waals surface area contributed by atoms with Crippen LogP contribution in [-0.4, -0.2) is 45.2 Å². The first-order valence-electron chi connectivity index (χ1n) is 7.60. The highest BCUT2D eigenvalue weighted by Crippen LogP contribution is 2.27. The number of H-pyrrole nitrogens is 1. The van der Waals surface area contributed by atoms with Crippen LogP contribution in [-0.2, 0) is 17.7 Å². The Hall–Kier alpha value is -2.71. The summed E-state index contributed by atoms with van der Waals surface area (Å²) in [5.74, 6) is 0.722. The molecule has 0 amide bonds. The molecule has 0 saturated heterocycles. The van der Waals surface area contributed by atoms with Gasteiger partial charge in [0.25, 0.3) is 5.56 Å². The summed E-state index contributed by atoms with van der Waals surface area (Å²) in [6, 6.07) is 7.10. The quantitative estimate of drug-likeness (QED) is 0.607. The maximum Gasteiger partial charge on any atom is 0.259 e. The molecule has 4 N–H and O–H groups in total. The van der Waals surface area contributed by atoms with Crippen molar-refractivity contribution < 1.29 is 9.84 Å². The number of nitrogens with zero attached hydrogens (tertiary/aromatic N) is 3. The lowest BCUT2D eigenvalue weighted by Crippen LogP contribution is -2.11. The van der Waals surface area contributed by atoms with Crippen molar-refractivity contribution in [2.75, 3.05) is 26.1 Å². The normalized spacial score (nSPS) is 11.2. The Morgan fingerprint density at radius 1 is 1.38 bits per heavy atom. The van der Waals surface area contributed by atoms with E-state index in [1.165, 1.54) is 4.68 Å². The summed E-state index contributed by atoms with van der Waals surface area (Å²) in [6.07, 6.45) is 0.519. The van der Waals surface area contributed by atoms with E-state index in [1.807, 2.05) is 6.07 Å². The van der Waals surface area contributed by atoms with E-state index in [1.54, 1.807) is 25.3 Å². The summed E-state index contributed by atoms with van der Waals surface area (Å²) in [7, 11) is 1.60. The molecule has 0 aliphatic rings. The van der Waals surface area contributed by atoms with E-state index >= 15 is 0 Å². The molecule has 3 rings (SSSR count). The van der Waals surface area contributed by atoms with Gasteiger partial charge in [0, 0.05) is 13.5 Å². The van der Waals surface area contributed by atoms with Crippen LogP contribution >= 0.6 is 0 Å². The molecule has 1 aromatic carbocycles. The minimum atomic E-state index is -0.234. The minimum Gasteiger partial charge on any atom is -0.394 e. The van der Waals surface area contributed by atoms with Gasteiger partial charge in [-0.3, -0.25) is 4.79 Å². The van der Waals surface area contributed by atoms with E-state index in [-0.39, 0.29) is 18.7 Å². The number of hydrogen-bond acceptors (Lipinski definition) is 6. The van der Waals surface area contributed by atoms with Crippen molar-refractivity contribution in [3.05, 3.63) is 40.3 Å². The molecule has 8 nitrogen and oxygen atoms in total. The van der Waals surface area contributed by atoms with Gasteiger partial charge in [-0.1, -0.05) is 12.1 Å². The van der Waals surface area contributed by atoms with Crippen molar-refractivity contribution in [1.29, 1.82) is 0 Å². The maximum absolute atomic E-state index is 12.3. The number of rotatable bonds is 6. The van der Waals surface area contributed by atoms with Gasteiger partial charge in [-0.25, -0.2) is 9.67 Å². The maximum atomic E-state index is 12.3. The molecule has 8 heteroatoms. The second-order valence-electron chi connectivity index (χ2n) is 5.33. The van der Waals surface area contributed by atoms with Gasteiger partial charge < -0.3 is 20.6 Å². The number of nitrogens with one attached hydrogen (secondary N) is 1. The topological polar surface area (TPSA) is 119 Å². The summed E-state index contributed by atoms with van der Waals surface area (Å²) in [5, 5.41) is 14.1. The largest absolute Gasteiger partial charge is 0.394 e. The van der Waals surface area contributed by atoms with E-state index in [4.69, 9.17) is 15.6 Å². The molecule has 2 heterocycles. The Balaban J connectivity index is 2.18. The van der Waals surface area contributed by atoms with Crippen molar-refractivity contribution in [1.82, 2.24) is 19.7 Å². The third kappa shape index (κ3) is 2.89. The zero-order valence-corrected chi connectivity index (χ0v) is 13.3. The minimum absolute atomic E-state index is 0.0866. The molecular weight excluding hydrogens is 310 g/mol. The number of anilines is 1. The van der Waals surface area contributed by atoms with Gasteiger partial charge in [0.05, 0.1) is 41.9 Å². The lowest BCUT2D eigenvalue weighted by molar-refractivity contribution is 0.201. The van der Waals surface area contributed by atoms with E-state index in [9.17, 15) is 4.79 Å². The molecule has 126 valence electrons. The third-order valence-corrected chi connectivity index (χ3v) is 3.77. The SMILES string of the molecule is COCCc1nn(CCO)c(N)c1-c1nc2ccccc2c(=O)[nH]1. The molecule has 0 fully saturated rings. The monoisotopic (exact) mass is 329 g/mol. The highest BCUT2D eigenvalue weighted by atomic mass is 16.5. The van der Waals surface area contributed by atoms with Crippen molar-refractivity contribution >= 4 is 16.7 Å². The molecule has 0 aliphatic heterocycles. The second kappa shape index (κ2) is 6.81. The molecule has 24 heavy (non-hydrogen) atoms. The molecule has 0 radical (unpaired) electrons. The van der Waals surface area contributed by atoms with E-state index in [0.29, 0.717) is 46.8 Å². The number of nitrogens with two attached hydrogens (primary N) is 1. The number of aromatic nitrogens is 4. The van der Waals surface area contributed by atoms with Crippen LogP contribution in [0.1, 0.15) is 5.69 Å². The lowest BCUT2D eigenvalue weighted by atomic mass is 10.1. The highest BCUT2D eigenvalue weighted by Gasteiger charge is 2.19. The number of hydrogen-bond donors (Lipinski definition) is 3. The first-order chi connectivity index (χ1) is 11.7. The van der Waals surface area contributed by atoms with Crippen LogP contribution in [0.25, 0.3) is 22.3 Å². The van der Waals surface area contributed by atoms with Gasteiger partial charge >= 0.3 is 0 Å². The highest BCUT2D eigenvalue weighted by molar-refractivity contribution is 5.81. The Bertz CT molecular complexity index is 916. The second-order valence-corrected chi connectivity index (χ2v) is 5.33. The predicted octanol–water partition coefficient (Wildman–Crippen LogP) is 0.550. The third-order valence-electron chi connectivity index (χ3n) is 3.77. The van der Waals surface area contributed by atoms with Crippen LogP contribution in [0.15, 0.2) is 29.1 Å². The van der Waals surface area contributed by atoms with E-state index in [2.05, 4.69) is 15.1 Å². The Labute approximate surface area is 137 Å². The first kappa shape index (κ1) is 16.2. The Morgan fingerprint density at radius 3 is 2.92 bits per heavy atom. The van der Waals surface area contributed by atoms with Crippen molar-refractivity contribution in [3.8, 4) is 11.4 Å². The number of aromatic amines is 1. The van der Waals surface area contributed by atoms with Gasteiger partial charge in [0.2, 0.25) is 0 Å². The average Bonchev–Trinajstić information content (AvgIpc) is 2.89. The van der Waals surface area contributed by atoms with Crippen LogP contribution < -0.4 is 11.3 Å². The Morgan fingerprint density at radius 2 is 2.17 bits per heavy atom. The fourth-order valence-corrected chi connectivity index (χ4v) is 2.63. The number of para-hydroxylation sites is 1. The van der Waals surface area contributed by atoms with Crippen LogP contribution in [0.4, 0.5) is 5.82 Å². The van der Waals surface area contributed by atoms with Crippen molar-refractivity contribution in [3.63, 3.8) is 0 Å². The predicted molar refractivity (Wildman–Crippen MR) is 90.7 cm³/mol. The summed E-state index contributed by atoms with van der Waals surface area (Å²) in [5.41, 5.74) is 7.77. The molecule has 0 atom stereocenters. The number of nitrogen functional groups attached to an aromatic ring is 1. The fraction of sp³-hybridized carbons (Fsp3) is 0.312. The summed E-state index contributed by atoms with van der Waals surface area (Å²) in [4.78, 5) is 19.6. The molecular formula is C16H19N5O3.